The predicted octanol–water partition coefficient (Wildman–Crippen LogP) is -0.223. The van der Waals surface area contributed by atoms with Gasteiger partial charge in [0.25, 0.3) is 0 Å². The lowest BCUT2D eigenvalue weighted by Crippen LogP contribution is -2.48. The SMILES string of the molecule is CC=CC(C)(CO)NN. The second kappa shape index (κ2) is 3.61. The molecule has 1 atom stereocenters. The van der Waals surface area contributed by atoms with Crippen molar-refractivity contribution in [3.05, 3.63) is 12.2 Å². The molecule has 0 radical (unpaired) electrons. The summed E-state index contributed by atoms with van der Waals surface area (Å²) < 4.78 is 0. The summed E-state index contributed by atoms with van der Waals surface area (Å²) in [5.74, 6) is 5.14. The van der Waals surface area contributed by atoms with E-state index < -0.39 is 5.54 Å². The van der Waals surface area contributed by atoms with E-state index in [0.29, 0.717) is 0 Å². The first kappa shape index (κ1) is 8.62. The highest BCUT2D eigenvalue weighted by Gasteiger charge is 2.15. The van der Waals surface area contributed by atoms with E-state index in [1.54, 1.807) is 0 Å². The number of rotatable bonds is 3. The molecule has 0 fully saturated rings. The Kier molecular flexibility index (Phi) is 3.46. The third-order valence-electron chi connectivity index (χ3n) is 1.19. The zero-order valence-electron chi connectivity index (χ0n) is 5.89. The number of aliphatic hydroxyl groups is 1. The van der Waals surface area contributed by atoms with Gasteiger partial charge >= 0.3 is 0 Å². The molecule has 0 aliphatic rings. The molecule has 0 spiro atoms. The Morgan fingerprint density at radius 1 is 1.78 bits per heavy atom. The summed E-state index contributed by atoms with van der Waals surface area (Å²) >= 11 is 0. The minimum absolute atomic E-state index is 0.00778. The van der Waals surface area contributed by atoms with Gasteiger partial charge in [0.2, 0.25) is 0 Å². The van der Waals surface area contributed by atoms with E-state index in [1.165, 1.54) is 0 Å². The Balaban J connectivity index is 3.92. The number of hydrogen-bond acceptors (Lipinski definition) is 3. The number of hydrogen-bond donors (Lipinski definition) is 3. The average molecular weight is 130 g/mol. The monoisotopic (exact) mass is 130 g/mol. The fourth-order valence-corrected chi connectivity index (χ4v) is 0.514. The predicted molar refractivity (Wildman–Crippen MR) is 37.6 cm³/mol. The van der Waals surface area contributed by atoms with Crippen LogP contribution in [0, 0.1) is 0 Å². The summed E-state index contributed by atoms with van der Waals surface area (Å²) in [6.07, 6.45) is 3.66. The van der Waals surface area contributed by atoms with Crippen LogP contribution in [0.25, 0.3) is 0 Å². The molecule has 0 aromatic rings. The maximum Gasteiger partial charge on any atom is 0.0702 e. The normalized spacial score (nSPS) is 18.2. The van der Waals surface area contributed by atoms with Gasteiger partial charge in [-0.3, -0.25) is 5.84 Å². The van der Waals surface area contributed by atoms with Crippen molar-refractivity contribution in [2.24, 2.45) is 5.84 Å². The highest BCUT2D eigenvalue weighted by molar-refractivity contribution is 5.01. The van der Waals surface area contributed by atoms with E-state index in [-0.39, 0.29) is 6.61 Å². The summed E-state index contributed by atoms with van der Waals surface area (Å²) in [4.78, 5) is 0. The van der Waals surface area contributed by atoms with Crippen LogP contribution in [0.3, 0.4) is 0 Å². The zero-order valence-corrected chi connectivity index (χ0v) is 5.89. The van der Waals surface area contributed by atoms with Crippen molar-refractivity contribution in [3.63, 3.8) is 0 Å². The molecular weight excluding hydrogens is 116 g/mol. The van der Waals surface area contributed by atoms with Crippen LogP contribution in [0.1, 0.15) is 13.8 Å². The average Bonchev–Trinajstić information content (AvgIpc) is 1.89. The van der Waals surface area contributed by atoms with Crippen molar-refractivity contribution in [2.45, 2.75) is 19.4 Å². The van der Waals surface area contributed by atoms with Crippen LogP contribution >= 0.6 is 0 Å². The summed E-state index contributed by atoms with van der Waals surface area (Å²) in [6, 6.07) is 0. The Morgan fingerprint density at radius 2 is 2.33 bits per heavy atom. The third-order valence-corrected chi connectivity index (χ3v) is 1.19. The van der Waals surface area contributed by atoms with E-state index in [1.807, 2.05) is 26.0 Å². The molecule has 0 rings (SSSR count). The lowest BCUT2D eigenvalue weighted by Gasteiger charge is -2.21. The summed E-state index contributed by atoms with van der Waals surface area (Å²) in [5.41, 5.74) is 2.03. The molecule has 0 heterocycles. The molecule has 0 saturated heterocycles. The van der Waals surface area contributed by atoms with Crippen LogP contribution in [0.2, 0.25) is 0 Å². The van der Waals surface area contributed by atoms with Crippen molar-refractivity contribution < 1.29 is 5.11 Å². The standard InChI is InChI=1S/C6H14N2O/c1-3-4-6(2,5-9)8-7/h3-4,8-9H,5,7H2,1-2H3. The summed E-state index contributed by atoms with van der Waals surface area (Å²) in [7, 11) is 0. The molecule has 0 aromatic heterocycles. The number of allylic oxidation sites excluding steroid dienone is 1. The van der Waals surface area contributed by atoms with E-state index in [2.05, 4.69) is 5.43 Å². The van der Waals surface area contributed by atoms with Gasteiger partial charge in [-0.15, -0.1) is 0 Å². The van der Waals surface area contributed by atoms with Crippen LogP contribution in [-0.4, -0.2) is 17.3 Å². The molecule has 0 aliphatic heterocycles. The molecule has 0 aromatic carbocycles. The topological polar surface area (TPSA) is 58.3 Å². The maximum atomic E-state index is 8.72. The van der Waals surface area contributed by atoms with E-state index >= 15 is 0 Å². The van der Waals surface area contributed by atoms with Gasteiger partial charge in [-0.1, -0.05) is 12.2 Å². The Labute approximate surface area is 55.5 Å². The molecule has 3 heteroatoms. The summed E-state index contributed by atoms with van der Waals surface area (Å²) in [6.45, 7) is 3.70. The lowest BCUT2D eigenvalue weighted by molar-refractivity contribution is 0.209. The van der Waals surface area contributed by atoms with Crippen molar-refractivity contribution in [1.82, 2.24) is 5.43 Å². The minimum Gasteiger partial charge on any atom is -0.394 e. The second-order valence-electron chi connectivity index (χ2n) is 2.22. The Morgan fingerprint density at radius 3 is 2.44 bits per heavy atom. The molecule has 0 aliphatic carbocycles. The van der Waals surface area contributed by atoms with Gasteiger partial charge in [0.1, 0.15) is 0 Å². The van der Waals surface area contributed by atoms with Crippen LogP contribution in [-0.2, 0) is 0 Å². The van der Waals surface area contributed by atoms with Crippen molar-refractivity contribution in [1.29, 1.82) is 0 Å². The smallest absolute Gasteiger partial charge is 0.0702 e. The van der Waals surface area contributed by atoms with Gasteiger partial charge < -0.3 is 5.11 Å². The van der Waals surface area contributed by atoms with Crippen molar-refractivity contribution >= 4 is 0 Å². The number of hydrazine groups is 1. The lowest BCUT2D eigenvalue weighted by atomic mass is 10.1. The molecule has 0 bridgehead atoms. The Bertz CT molecular complexity index is 97.2. The molecule has 9 heavy (non-hydrogen) atoms. The quantitative estimate of drug-likeness (QED) is 0.281. The maximum absolute atomic E-state index is 8.72. The van der Waals surface area contributed by atoms with E-state index in [9.17, 15) is 0 Å². The molecule has 0 saturated carbocycles. The molecule has 0 amide bonds. The fourth-order valence-electron chi connectivity index (χ4n) is 0.514. The first-order valence-electron chi connectivity index (χ1n) is 2.91. The van der Waals surface area contributed by atoms with Crippen LogP contribution < -0.4 is 11.3 Å². The highest BCUT2D eigenvalue weighted by atomic mass is 16.3. The van der Waals surface area contributed by atoms with Gasteiger partial charge in [-0.25, -0.2) is 5.43 Å². The second-order valence-corrected chi connectivity index (χ2v) is 2.22. The molecule has 54 valence electrons. The molecule has 3 nitrogen and oxygen atoms in total. The fraction of sp³-hybridized carbons (Fsp3) is 0.667. The van der Waals surface area contributed by atoms with Gasteiger partial charge in [0.15, 0.2) is 0 Å². The molecule has 1 unspecified atom stereocenters. The largest absolute Gasteiger partial charge is 0.394 e. The van der Waals surface area contributed by atoms with Crippen LogP contribution in [0.15, 0.2) is 12.2 Å². The minimum atomic E-state index is -0.464. The third kappa shape index (κ3) is 2.60. The van der Waals surface area contributed by atoms with E-state index in [0.717, 1.165) is 0 Å². The van der Waals surface area contributed by atoms with Crippen molar-refractivity contribution in [2.75, 3.05) is 6.61 Å². The number of aliphatic hydroxyl groups excluding tert-OH is 1. The van der Waals surface area contributed by atoms with Crippen LogP contribution in [0.4, 0.5) is 0 Å². The zero-order chi connectivity index (χ0) is 7.33. The van der Waals surface area contributed by atoms with Gasteiger partial charge in [-0.05, 0) is 13.8 Å². The highest BCUT2D eigenvalue weighted by Crippen LogP contribution is 2.01. The number of nitrogens with one attached hydrogen (secondary N) is 1. The molecule has 4 N–H and O–H groups in total. The Hall–Kier alpha value is -0.380. The first-order valence-corrected chi connectivity index (χ1v) is 2.91. The first-order chi connectivity index (χ1) is 4.18. The molecular formula is C6H14N2O. The van der Waals surface area contributed by atoms with E-state index in [4.69, 9.17) is 10.9 Å². The van der Waals surface area contributed by atoms with Crippen LogP contribution in [0.5, 0.6) is 0 Å². The van der Waals surface area contributed by atoms with Gasteiger partial charge in [0, 0.05) is 0 Å². The number of nitrogens with two attached hydrogens (primary N) is 1. The van der Waals surface area contributed by atoms with Gasteiger partial charge in [0.05, 0.1) is 12.1 Å². The van der Waals surface area contributed by atoms with Gasteiger partial charge in [-0.2, -0.15) is 0 Å². The van der Waals surface area contributed by atoms with Crippen molar-refractivity contribution in [3.8, 4) is 0 Å². The summed E-state index contributed by atoms with van der Waals surface area (Å²) in [5, 5.41) is 8.72.